The molecule has 0 aliphatic carbocycles. The molecule has 0 bridgehead atoms. The summed E-state index contributed by atoms with van der Waals surface area (Å²) in [5, 5.41) is 10.6. The second kappa shape index (κ2) is 5.85. The first-order chi connectivity index (χ1) is 10.1. The highest BCUT2D eigenvalue weighted by atomic mass is 16.6. The summed E-state index contributed by atoms with van der Waals surface area (Å²) in [6.45, 7) is 9.20. The Hall–Kier alpha value is -1.66. The predicted molar refractivity (Wildman–Crippen MR) is 81.1 cm³/mol. The Morgan fingerprint density at radius 3 is 2.73 bits per heavy atom. The molecule has 22 heavy (non-hydrogen) atoms. The molecule has 6 nitrogen and oxygen atoms in total. The zero-order valence-electron chi connectivity index (χ0n) is 13.7. The van der Waals surface area contributed by atoms with Crippen LogP contribution >= 0.6 is 0 Å². The molecular weight excluding hydrogens is 284 g/mol. The molecule has 1 saturated heterocycles. The van der Waals surface area contributed by atoms with E-state index in [1.807, 2.05) is 0 Å². The first-order valence-corrected chi connectivity index (χ1v) is 7.37. The van der Waals surface area contributed by atoms with E-state index in [9.17, 15) is 9.90 Å². The van der Waals surface area contributed by atoms with Crippen LogP contribution in [0.1, 0.15) is 46.4 Å². The summed E-state index contributed by atoms with van der Waals surface area (Å²) >= 11 is 0. The number of pyridine rings is 1. The lowest BCUT2D eigenvalue weighted by molar-refractivity contribution is -0.0681. The Bertz CT molecular complexity index is 525. The summed E-state index contributed by atoms with van der Waals surface area (Å²) in [4.78, 5) is 18.1. The monoisotopic (exact) mass is 308 g/mol. The van der Waals surface area contributed by atoms with Gasteiger partial charge in [0.2, 0.25) is 0 Å². The Morgan fingerprint density at radius 1 is 1.50 bits per heavy atom. The molecule has 0 radical (unpaired) electrons. The van der Waals surface area contributed by atoms with Gasteiger partial charge in [0.15, 0.2) is 0 Å². The number of hydrogen-bond acceptors (Lipinski definition) is 5. The fraction of sp³-hybridized carbons (Fsp3) is 0.625. The number of ether oxygens (including phenoxy) is 2. The van der Waals surface area contributed by atoms with Crippen LogP contribution in [0.2, 0.25) is 0 Å². The second-order valence-electron chi connectivity index (χ2n) is 6.87. The van der Waals surface area contributed by atoms with E-state index in [0.29, 0.717) is 5.69 Å². The van der Waals surface area contributed by atoms with E-state index in [4.69, 9.17) is 9.47 Å². The molecule has 1 aliphatic heterocycles. The maximum Gasteiger partial charge on any atom is 0.413 e. The van der Waals surface area contributed by atoms with Gasteiger partial charge in [-0.3, -0.25) is 9.88 Å². The summed E-state index contributed by atoms with van der Waals surface area (Å²) in [6, 6.07) is 4.75. The van der Waals surface area contributed by atoms with E-state index in [-0.39, 0.29) is 6.61 Å². The summed E-state index contributed by atoms with van der Waals surface area (Å²) < 4.78 is 11.1. The number of amides is 1. The highest BCUT2D eigenvalue weighted by Crippen LogP contribution is 2.34. The van der Waals surface area contributed by atoms with Crippen molar-refractivity contribution in [3.05, 3.63) is 30.1 Å². The number of hydrogen-bond donors (Lipinski definition) is 1. The lowest BCUT2D eigenvalue weighted by Crippen LogP contribution is -2.51. The van der Waals surface area contributed by atoms with Crippen molar-refractivity contribution >= 4 is 6.09 Å². The normalized spacial score (nSPS) is 22.5. The first-order valence-electron chi connectivity index (χ1n) is 7.37. The smallest absolute Gasteiger partial charge is 0.413 e. The van der Waals surface area contributed by atoms with Crippen LogP contribution in [-0.2, 0) is 9.47 Å². The largest absolute Gasteiger partial charge is 0.444 e. The molecule has 6 heteroatoms. The molecule has 2 heterocycles. The maximum absolute atomic E-state index is 12.5. The van der Waals surface area contributed by atoms with E-state index < -0.39 is 29.6 Å². The molecule has 1 N–H and O–H groups in total. The Morgan fingerprint density at radius 2 is 2.18 bits per heavy atom. The quantitative estimate of drug-likeness (QED) is 0.909. The van der Waals surface area contributed by atoms with Gasteiger partial charge in [0, 0.05) is 6.20 Å². The highest BCUT2D eigenvalue weighted by molar-refractivity contribution is 5.70. The average molecular weight is 308 g/mol. The molecular formula is C16H24N2O4. The van der Waals surface area contributed by atoms with E-state index >= 15 is 0 Å². The molecule has 1 aromatic rings. The van der Waals surface area contributed by atoms with Gasteiger partial charge < -0.3 is 14.6 Å². The summed E-state index contributed by atoms with van der Waals surface area (Å²) in [7, 11) is 0. The third-order valence-electron chi connectivity index (χ3n) is 3.46. The van der Waals surface area contributed by atoms with Crippen LogP contribution in [0.5, 0.6) is 0 Å². The van der Waals surface area contributed by atoms with Crippen LogP contribution in [0.4, 0.5) is 4.79 Å². The molecule has 122 valence electrons. The van der Waals surface area contributed by atoms with E-state index in [1.165, 1.54) is 4.90 Å². The van der Waals surface area contributed by atoms with Gasteiger partial charge in [-0.05, 0) is 46.8 Å². The van der Waals surface area contributed by atoms with Crippen molar-refractivity contribution in [3.63, 3.8) is 0 Å². The molecule has 1 aliphatic rings. The van der Waals surface area contributed by atoms with Crippen molar-refractivity contribution in [2.24, 2.45) is 0 Å². The van der Waals surface area contributed by atoms with Crippen LogP contribution < -0.4 is 0 Å². The van der Waals surface area contributed by atoms with Crippen LogP contribution in [-0.4, -0.2) is 45.1 Å². The van der Waals surface area contributed by atoms with Crippen LogP contribution in [0.3, 0.4) is 0 Å². The third kappa shape index (κ3) is 3.56. The minimum absolute atomic E-state index is 0.226. The number of aliphatic hydroxyl groups excluding tert-OH is 1. The second-order valence-corrected chi connectivity index (χ2v) is 6.87. The zero-order valence-corrected chi connectivity index (χ0v) is 13.7. The van der Waals surface area contributed by atoms with Gasteiger partial charge in [-0.15, -0.1) is 0 Å². The van der Waals surface area contributed by atoms with Crippen molar-refractivity contribution in [3.8, 4) is 0 Å². The van der Waals surface area contributed by atoms with Crippen molar-refractivity contribution in [2.75, 3.05) is 6.61 Å². The van der Waals surface area contributed by atoms with E-state index in [1.54, 1.807) is 59.0 Å². The molecule has 1 amide bonds. The lowest BCUT2D eigenvalue weighted by atomic mass is 10.1. The van der Waals surface area contributed by atoms with Crippen LogP contribution in [0.15, 0.2) is 24.4 Å². The number of nitrogens with zero attached hydrogens (tertiary/aromatic N) is 2. The van der Waals surface area contributed by atoms with Crippen molar-refractivity contribution in [2.45, 2.75) is 58.1 Å². The average Bonchev–Trinajstić information content (AvgIpc) is 2.72. The summed E-state index contributed by atoms with van der Waals surface area (Å²) in [6.07, 6.45) is 0.169. The van der Waals surface area contributed by atoms with Gasteiger partial charge in [0.1, 0.15) is 17.4 Å². The molecule has 0 spiro atoms. The van der Waals surface area contributed by atoms with Gasteiger partial charge >= 0.3 is 6.09 Å². The predicted octanol–water partition coefficient (Wildman–Crippen LogP) is 2.49. The highest BCUT2D eigenvalue weighted by Gasteiger charge is 2.48. The fourth-order valence-corrected chi connectivity index (χ4v) is 2.48. The Kier molecular flexibility index (Phi) is 4.44. The number of rotatable bonds is 2. The number of aromatic nitrogens is 1. The summed E-state index contributed by atoms with van der Waals surface area (Å²) in [5.41, 5.74) is -0.957. The van der Waals surface area contributed by atoms with Crippen molar-refractivity contribution < 1.29 is 19.4 Å². The van der Waals surface area contributed by atoms with Gasteiger partial charge in [0.05, 0.1) is 18.3 Å². The van der Waals surface area contributed by atoms with Crippen molar-refractivity contribution in [1.82, 2.24) is 9.88 Å². The Balaban J connectivity index is 2.25. The number of carbonyl (C=O) groups is 1. The molecule has 2 atom stereocenters. The minimum Gasteiger partial charge on any atom is -0.444 e. The first kappa shape index (κ1) is 16.7. The third-order valence-corrected chi connectivity index (χ3v) is 3.46. The molecule has 2 rings (SSSR count). The molecule has 0 aromatic carbocycles. The maximum atomic E-state index is 12.5. The van der Waals surface area contributed by atoms with E-state index in [2.05, 4.69) is 4.98 Å². The summed E-state index contributed by atoms with van der Waals surface area (Å²) in [5.74, 6) is 0. The molecule has 0 saturated carbocycles. The SMILES string of the molecule is CC(C)(C)OC(=O)N1[C@H](C(O)c2ccccn2)COC1(C)C. The van der Waals surface area contributed by atoms with E-state index in [0.717, 1.165) is 0 Å². The minimum atomic E-state index is -0.935. The topological polar surface area (TPSA) is 71.9 Å². The fourth-order valence-electron chi connectivity index (χ4n) is 2.48. The Labute approximate surface area is 131 Å². The van der Waals surface area contributed by atoms with Crippen LogP contribution in [0.25, 0.3) is 0 Å². The molecule has 1 fully saturated rings. The standard InChI is InChI=1S/C16H24N2O4/c1-15(2,3)22-14(20)18-12(10-21-16(18,4)5)13(19)11-8-6-7-9-17-11/h6-9,12-13,19H,10H2,1-5H3/t12-,13?/m0/s1. The molecule has 1 unspecified atom stereocenters. The molecule has 1 aromatic heterocycles. The van der Waals surface area contributed by atoms with Gasteiger partial charge in [-0.25, -0.2) is 4.79 Å². The zero-order chi connectivity index (χ0) is 16.5. The van der Waals surface area contributed by atoms with Crippen LogP contribution in [0, 0.1) is 0 Å². The van der Waals surface area contributed by atoms with Gasteiger partial charge in [-0.2, -0.15) is 0 Å². The number of carbonyl (C=O) groups excluding carboxylic acids is 1. The lowest BCUT2D eigenvalue weighted by Gasteiger charge is -2.36. The van der Waals surface area contributed by atoms with Gasteiger partial charge in [0.25, 0.3) is 0 Å². The van der Waals surface area contributed by atoms with Crippen molar-refractivity contribution in [1.29, 1.82) is 0 Å². The van der Waals surface area contributed by atoms with Gasteiger partial charge in [-0.1, -0.05) is 6.07 Å². The number of aliphatic hydroxyl groups is 1.